The molecule has 0 aromatic heterocycles. The zero-order chi connectivity index (χ0) is 24.0. The SMILES string of the molecule is COc1cc(/C=C(\C#N)C(=O)Nc2cc(Cl)ccc2C)cc(Br)c1OCc1ccc(C)cc1. The Morgan fingerprint density at radius 2 is 1.88 bits per heavy atom. The molecule has 7 heteroatoms. The second-order valence-corrected chi connectivity index (χ2v) is 8.68. The van der Waals surface area contributed by atoms with Crippen molar-refractivity contribution in [2.24, 2.45) is 0 Å². The van der Waals surface area contributed by atoms with Crippen molar-refractivity contribution in [3.63, 3.8) is 0 Å². The van der Waals surface area contributed by atoms with Gasteiger partial charge in [-0.05, 0) is 76.8 Å². The van der Waals surface area contributed by atoms with Crippen LogP contribution in [0.4, 0.5) is 5.69 Å². The van der Waals surface area contributed by atoms with Gasteiger partial charge in [-0.25, -0.2) is 0 Å². The Bertz CT molecular complexity index is 1250. The molecule has 0 unspecified atom stereocenters. The Kier molecular flexibility index (Phi) is 8.16. The molecule has 33 heavy (non-hydrogen) atoms. The summed E-state index contributed by atoms with van der Waals surface area (Å²) in [5.74, 6) is 0.483. The van der Waals surface area contributed by atoms with E-state index in [0.29, 0.717) is 38.9 Å². The molecule has 0 heterocycles. The molecule has 0 atom stereocenters. The van der Waals surface area contributed by atoms with E-state index in [2.05, 4.69) is 21.2 Å². The third kappa shape index (κ3) is 6.38. The average Bonchev–Trinajstić information content (AvgIpc) is 2.79. The molecule has 0 fully saturated rings. The lowest BCUT2D eigenvalue weighted by molar-refractivity contribution is -0.112. The van der Waals surface area contributed by atoms with Gasteiger partial charge < -0.3 is 14.8 Å². The summed E-state index contributed by atoms with van der Waals surface area (Å²) < 4.78 is 12.1. The highest BCUT2D eigenvalue weighted by atomic mass is 79.9. The molecule has 3 rings (SSSR count). The number of anilines is 1. The molecule has 0 aliphatic heterocycles. The fourth-order valence-electron chi connectivity index (χ4n) is 3.04. The number of halogens is 2. The fourth-order valence-corrected chi connectivity index (χ4v) is 3.78. The monoisotopic (exact) mass is 524 g/mol. The van der Waals surface area contributed by atoms with Gasteiger partial charge >= 0.3 is 0 Å². The molecular formula is C26H22BrClN2O3. The molecule has 0 radical (unpaired) electrons. The summed E-state index contributed by atoms with van der Waals surface area (Å²) in [6.45, 7) is 4.25. The number of benzene rings is 3. The molecule has 0 bridgehead atoms. The van der Waals surface area contributed by atoms with Crippen molar-refractivity contribution in [3.05, 3.63) is 91.9 Å². The van der Waals surface area contributed by atoms with Crippen LogP contribution >= 0.6 is 27.5 Å². The highest BCUT2D eigenvalue weighted by molar-refractivity contribution is 9.10. The fraction of sp³-hybridized carbons (Fsp3) is 0.154. The number of carbonyl (C=O) groups excluding carboxylic acids is 1. The van der Waals surface area contributed by atoms with Crippen LogP contribution in [0.3, 0.4) is 0 Å². The van der Waals surface area contributed by atoms with Gasteiger partial charge in [0.1, 0.15) is 18.2 Å². The van der Waals surface area contributed by atoms with Crippen LogP contribution in [0.25, 0.3) is 6.08 Å². The molecule has 0 saturated heterocycles. The number of carbonyl (C=O) groups is 1. The summed E-state index contributed by atoms with van der Waals surface area (Å²) in [7, 11) is 1.54. The van der Waals surface area contributed by atoms with Gasteiger partial charge in [-0.2, -0.15) is 5.26 Å². The Hall–Kier alpha value is -3.27. The quantitative estimate of drug-likeness (QED) is 0.270. The lowest BCUT2D eigenvalue weighted by Crippen LogP contribution is -2.14. The van der Waals surface area contributed by atoms with Gasteiger partial charge in [0, 0.05) is 10.7 Å². The normalized spacial score (nSPS) is 11.0. The van der Waals surface area contributed by atoms with Crippen LogP contribution in [0.1, 0.15) is 22.3 Å². The van der Waals surface area contributed by atoms with Gasteiger partial charge in [0.2, 0.25) is 0 Å². The van der Waals surface area contributed by atoms with Crippen molar-refractivity contribution in [2.75, 3.05) is 12.4 Å². The first kappa shape index (κ1) is 24.4. The van der Waals surface area contributed by atoms with Crippen molar-refractivity contribution >= 4 is 45.2 Å². The molecule has 0 saturated carbocycles. The Morgan fingerprint density at radius 3 is 2.55 bits per heavy atom. The summed E-state index contributed by atoms with van der Waals surface area (Å²) in [6.07, 6.45) is 1.49. The predicted octanol–water partition coefficient (Wildman–Crippen LogP) is 6.85. The van der Waals surface area contributed by atoms with E-state index in [0.717, 1.165) is 11.1 Å². The molecule has 1 N–H and O–H groups in total. The first-order chi connectivity index (χ1) is 15.8. The van der Waals surface area contributed by atoms with E-state index in [1.54, 1.807) is 30.3 Å². The summed E-state index contributed by atoms with van der Waals surface area (Å²) in [6, 6.07) is 18.7. The molecule has 3 aromatic carbocycles. The van der Waals surface area contributed by atoms with Crippen molar-refractivity contribution in [3.8, 4) is 17.6 Å². The zero-order valence-corrected chi connectivity index (χ0v) is 20.8. The predicted molar refractivity (Wildman–Crippen MR) is 135 cm³/mol. The number of aryl methyl sites for hydroxylation is 2. The lowest BCUT2D eigenvalue weighted by atomic mass is 10.1. The lowest BCUT2D eigenvalue weighted by Gasteiger charge is -2.14. The molecule has 0 aliphatic carbocycles. The standard InChI is InChI=1S/C26H22BrClN2O3/c1-16-4-7-18(8-5-16)15-33-25-22(27)11-19(12-24(25)32-3)10-20(14-29)26(31)30-23-13-21(28)9-6-17(23)2/h4-13H,15H2,1-3H3,(H,30,31)/b20-10+. The smallest absolute Gasteiger partial charge is 0.266 e. The number of nitrogens with one attached hydrogen (secondary N) is 1. The number of methoxy groups -OCH3 is 1. The minimum Gasteiger partial charge on any atom is -0.493 e. The highest BCUT2D eigenvalue weighted by Crippen LogP contribution is 2.38. The van der Waals surface area contributed by atoms with E-state index in [1.165, 1.54) is 18.7 Å². The summed E-state index contributed by atoms with van der Waals surface area (Å²) in [5, 5.41) is 12.8. The number of hydrogen-bond acceptors (Lipinski definition) is 4. The summed E-state index contributed by atoms with van der Waals surface area (Å²) >= 11 is 9.53. The summed E-state index contributed by atoms with van der Waals surface area (Å²) in [4.78, 5) is 12.7. The Balaban J connectivity index is 1.83. The van der Waals surface area contributed by atoms with Crippen molar-refractivity contribution in [1.82, 2.24) is 0 Å². The first-order valence-corrected chi connectivity index (χ1v) is 11.2. The maximum absolute atomic E-state index is 12.7. The Labute approximate surface area is 206 Å². The molecule has 1 amide bonds. The van der Waals surface area contributed by atoms with Gasteiger partial charge in [0.05, 0.1) is 11.6 Å². The van der Waals surface area contributed by atoms with E-state index in [-0.39, 0.29) is 5.57 Å². The van der Waals surface area contributed by atoms with Crippen molar-refractivity contribution in [1.29, 1.82) is 5.26 Å². The minimum atomic E-state index is -0.530. The van der Waals surface area contributed by atoms with Crippen LogP contribution in [-0.2, 0) is 11.4 Å². The topological polar surface area (TPSA) is 71.3 Å². The number of hydrogen-bond donors (Lipinski definition) is 1. The number of rotatable bonds is 7. The molecule has 168 valence electrons. The zero-order valence-electron chi connectivity index (χ0n) is 18.4. The minimum absolute atomic E-state index is 0.0587. The molecule has 3 aromatic rings. The van der Waals surface area contributed by atoms with E-state index in [4.69, 9.17) is 21.1 Å². The second-order valence-electron chi connectivity index (χ2n) is 7.39. The van der Waals surface area contributed by atoms with E-state index >= 15 is 0 Å². The van der Waals surface area contributed by atoms with Gasteiger partial charge in [-0.15, -0.1) is 0 Å². The first-order valence-electron chi connectivity index (χ1n) is 10.1. The van der Waals surface area contributed by atoms with E-state index < -0.39 is 5.91 Å². The van der Waals surface area contributed by atoms with Crippen molar-refractivity contribution < 1.29 is 14.3 Å². The highest BCUT2D eigenvalue weighted by Gasteiger charge is 2.15. The molecule has 0 spiro atoms. The van der Waals surface area contributed by atoms with Crippen LogP contribution in [0.2, 0.25) is 5.02 Å². The molecule has 0 aliphatic rings. The van der Waals surface area contributed by atoms with E-state index in [9.17, 15) is 10.1 Å². The van der Waals surface area contributed by atoms with Gasteiger partial charge in [0.25, 0.3) is 5.91 Å². The van der Waals surface area contributed by atoms with Crippen LogP contribution in [-0.4, -0.2) is 13.0 Å². The van der Waals surface area contributed by atoms with Gasteiger partial charge in [-0.1, -0.05) is 47.5 Å². The maximum atomic E-state index is 12.7. The van der Waals surface area contributed by atoms with Crippen LogP contribution in [0, 0.1) is 25.2 Å². The second kappa shape index (κ2) is 11.0. The van der Waals surface area contributed by atoms with E-state index in [1.807, 2.05) is 44.2 Å². The van der Waals surface area contributed by atoms with Gasteiger partial charge in [-0.3, -0.25) is 4.79 Å². The molecular weight excluding hydrogens is 504 g/mol. The third-order valence-corrected chi connectivity index (χ3v) is 5.70. The number of nitriles is 1. The Morgan fingerprint density at radius 1 is 1.15 bits per heavy atom. The third-order valence-electron chi connectivity index (χ3n) is 4.88. The number of amides is 1. The maximum Gasteiger partial charge on any atom is 0.266 e. The number of nitrogens with zero attached hydrogens (tertiary/aromatic N) is 1. The number of ether oxygens (including phenoxy) is 2. The van der Waals surface area contributed by atoms with Crippen LogP contribution in [0.5, 0.6) is 11.5 Å². The van der Waals surface area contributed by atoms with Gasteiger partial charge in [0.15, 0.2) is 11.5 Å². The van der Waals surface area contributed by atoms with Crippen LogP contribution < -0.4 is 14.8 Å². The van der Waals surface area contributed by atoms with Crippen molar-refractivity contribution in [2.45, 2.75) is 20.5 Å². The largest absolute Gasteiger partial charge is 0.493 e. The summed E-state index contributed by atoms with van der Waals surface area (Å²) in [5.41, 5.74) is 4.14. The van der Waals surface area contributed by atoms with Crippen LogP contribution in [0.15, 0.2) is 64.6 Å². The molecule has 5 nitrogen and oxygen atoms in total. The average molecular weight is 526 g/mol.